The third-order valence-corrected chi connectivity index (χ3v) is 5.15. The zero-order valence-electron chi connectivity index (χ0n) is 16.5. The Morgan fingerprint density at radius 1 is 1.23 bits per heavy atom. The Labute approximate surface area is 173 Å². The van der Waals surface area contributed by atoms with Crippen molar-refractivity contribution in [3.63, 3.8) is 0 Å². The Hall–Kier alpha value is -2.99. The molecule has 0 saturated carbocycles. The van der Waals surface area contributed by atoms with E-state index in [-0.39, 0.29) is 11.5 Å². The molecule has 0 spiro atoms. The number of fused-ring (bicyclic) bond motifs is 1. The molecular formula is C18H19F3N6O2S. The molecule has 160 valence electrons. The summed E-state index contributed by atoms with van der Waals surface area (Å²) in [6, 6.07) is 0.0577. The Bertz CT molecular complexity index is 1090. The van der Waals surface area contributed by atoms with Crippen molar-refractivity contribution in [3.05, 3.63) is 34.6 Å². The number of halogens is 3. The average Bonchev–Trinajstić information content (AvgIpc) is 3.06. The molecule has 3 heterocycles. The average molecular weight is 440 g/mol. The van der Waals surface area contributed by atoms with Crippen LogP contribution >= 0.6 is 11.3 Å². The predicted octanol–water partition coefficient (Wildman–Crippen LogP) is 4.81. The molecule has 2 amide bonds. The van der Waals surface area contributed by atoms with Gasteiger partial charge in [-0.25, -0.2) is 19.7 Å². The van der Waals surface area contributed by atoms with E-state index in [0.717, 1.165) is 17.3 Å². The van der Waals surface area contributed by atoms with E-state index >= 15 is 0 Å². The minimum atomic E-state index is -4.63. The number of methoxy groups -OCH3 is 1. The van der Waals surface area contributed by atoms with Crippen LogP contribution in [-0.2, 0) is 10.9 Å². The first-order valence-corrected chi connectivity index (χ1v) is 9.57. The number of carbonyl (C=O) groups excluding carboxylic acids is 1. The topological polar surface area (TPSA) is 101 Å². The summed E-state index contributed by atoms with van der Waals surface area (Å²) in [5.74, 6) is -0.335. The Morgan fingerprint density at radius 3 is 2.60 bits per heavy atom. The highest BCUT2D eigenvalue weighted by Crippen LogP contribution is 2.36. The standard InChI is InChI=1S/C18H19F3N6O2S/c1-8(29-4)13-12(7-24-16-14(13)25-9(2)30-16)27-17(28)26-10-5-11(18(19,20)21)15(22-3)23-6-10/h5-8H,1-4H3,(H,22,23)(H2,26,27,28)/t8-/m0/s1. The van der Waals surface area contributed by atoms with Gasteiger partial charge in [-0.05, 0) is 19.9 Å². The minimum Gasteiger partial charge on any atom is -0.377 e. The van der Waals surface area contributed by atoms with Gasteiger partial charge in [0, 0.05) is 19.7 Å². The number of thiazole rings is 1. The molecule has 0 aromatic carbocycles. The lowest BCUT2D eigenvalue weighted by atomic mass is 10.1. The molecule has 3 N–H and O–H groups in total. The van der Waals surface area contributed by atoms with Gasteiger partial charge >= 0.3 is 12.2 Å². The number of hydrogen-bond acceptors (Lipinski definition) is 7. The summed E-state index contributed by atoms with van der Waals surface area (Å²) in [6.07, 6.45) is -2.43. The molecule has 0 saturated heterocycles. The first kappa shape index (κ1) is 21.7. The molecule has 0 aliphatic rings. The van der Waals surface area contributed by atoms with Crippen LogP contribution in [0.25, 0.3) is 10.3 Å². The Balaban J connectivity index is 1.89. The summed E-state index contributed by atoms with van der Waals surface area (Å²) >= 11 is 1.40. The van der Waals surface area contributed by atoms with Gasteiger partial charge in [0.25, 0.3) is 0 Å². The maximum atomic E-state index is 13.2. The predicted molar refractivity (Wildman–Crippen MR) is 109 cm³/mol. The smallest absolute Gasteiger partial charge is 0.377 e. The van der Waals surface area contributed by atoms with Crippen molar-refractivity contribution in [2.75, 3.05) is 30.1 Å². The highest BCUT2D eigenvalue weighted by atomic mass is 32.1. The molecular weight excluding hydrogens is 421 g/mol. The fourth-order valence-electron chi connectivity index (χ4n) is 2.86. The number of pyridine rings is 2. The number of amides is 2. The Morgan fingerprint density at radius 2 is 1.97 bits per heavy atom. The van der Waals surface area contributed by atoms with Gasteiger partial charge in [-0.1, -0.05) is 11.3 Å². The molecule has 3 rings (SSSR count). The van der Waals surface area contributed by atoms with Gasteiger partial charge in [0.15, 0.2) is 0 Å². The molecule has 0 radical (unpaired) electrons. The van der Waals surface area contributed by atoms with Crippen molar-refractivity contribution in [2.45, 2.75) is 26.1 Å². The van der Waals surface area contributed by atoms with Crippen molar-refractivity contribution in [1.82, 2.24) is 15.0 Å². The second-order valence-electron chi connectivity index (χ2n) is 6.30. The number of aryl methyl sites for hydroxylation is 1. The molecule has 12 heteroatoms. The third-order valence-electron chi connectivity index (χ3n) is 4.27. The molecule has 0 aliphatic carbocycles. The summed E-state index contributed by atoms with van der Waals surface area (Å²) in [5.41, 5.74) is 0.470. The third kappa shape index (κ3) is 4.44. The Kier molecular flexibility index (Phi) is 6.08. The first-order valence-electron chi connectivity index (χ1n) is 8.75. The van der Waals surface area contributed by atoms with Crippen LogP contribution in [0.5, 0.6) is 0 Å². The number of nitrogens with zero attached hydrogens (tertiary/aromatic N) is 3. The van der Waals surface area contributed by atoms with Gasteiger partial charge < -0.3 is 20.7 Å². The molecule has 30 heavy (non-hydrogen) atoms. The molecule has 0 fully saturated rings. The molecule has 3 aromatic rings. The molecule has 8 nitrogen and oxygen atoms in total. The van der Waals surface area contributed by atoms with E-state index in [1.54, 1.807) is 6.92 Å². The molecule has 0 aliphatic heterocycles. The fourth-order valence-corrected chi connectivity index (χ4v) is 3.64. The molecule has 3 aromatic heterocycles. The summed E-state index contributed by atoms with van der Waals surface area (Å²) in [6.45, 7) is 3.63. The van der Waals surface area contributed by atoms with Gasteiger partial charge in [-0.2, -0.15) is 13.2 Å². The van der Waals surface area contributed by atoms with E-state index in [1.807, 2.05) is 6.92 Å². The number of anilines is 3. The van der Waals surface area contributed by atoms with Crippen molar-refractivity contribution in [1.29, 1.82) is 0 Å². The number of ether oxygens (including phenoxy) is 1. The van der Waals surface area contributed by atoms with Gasteiger partial charge in [0.2, 0.25) is 0 Å². The van der Waals surface area contributed by atoms with Crippen LogP contribution in [0.2, 0.25) is 0 Å². The van der Waals surface area contributed by atoms with Gasteiger partial charge in [-0.3, -0.25) is 0 Å². The van der Waals surface area contributed by atoms with Crippen LogP contribution < -0.4 is 16.0 Å². The normalized spacial score (nSPS) is 12.6. The van der Waals surface area contributed by atoms with Gasteiger partial charge in [-0.15, -0.1) is 0 Å². The number of urea groups is 1. The highest BCUT2D eigenvalue weighted by molar-refractivity contribution is 7.18. The van der Waals surface area contributed by atoms with E-state index in [2.05, 4.69) is 30.9 Å². The van der Waals surface area contributed by atoms with Gasteiger partial charge in [0.1, 0.15) is 16.2 Å². The van der Waals surface area contributed by atoms with Crippen molar-refractivity contribution < 1.29 is 22.7 Å². The van der Waals surface area contributed by atoms with E-state index in [4.69, 9.17) is 4.74 Å². The van der Waals surface area contributed by atoms with E-state index in [9.17, 15) is 18.0 Å². The van der Waals surface area contributed by atoms with Gasteiger partial charge in [0.05, 0.1) is 40.4 Å². The fraction of sp³-hybridized carbons (Fsp3) is 0.333. The largest absolute Gasteiger partial charge is 0.420 e. The molecule has 0 bridgehead atoms. The second kappa shape index (κ2) is 8.40. The van der Waals surface area contributed by atoms with E-state index in [0.29, 0.717) is 21.6 Å². The van der Waals surface area contributed by atoms with Crippen LogP contribution in [0.4, 0.5) is 35.2 Å². The maximum Gasteiger partial charge on any atom is 0.420 e. The summed E-state index contributed by atoms with van der Waals surface area (Å²) < 4.78 is 45.0. The number of carbonyl (C=O) groups is 1. The zero-order valence-corrected chi connectivity index (χ0v) is 17.3. The summed E-state index contributed by atoms with van der Waals surface area (Å²) in [5, 5.41) is 8.16. The quantitative estimate of drug-likeness (QED) is 0.527. The molecule has 1 atom stereocenters. The van der Waals surface area contributed by atoms with Crippen LogP contribution in [0.1, 0.15) is 29.2 Å². The SMILES string of the molecule is CNc1ncc(NC(=O)Nc2cnc3sc(C)nc3c2[C@H](C)OC)cc1C(F)(F)F. The van der Waals surface area contributed by atoms with E-state index in [1.165, 1.54) is 31.7 Å². The monoisotopic (exact) mass is 440 g/mol. The number of hydrogen-bond donors (Lipinski definition) is 3. The van der Waals surface area contributed by atoms with E-state index < -0.39 is 23.9 Å². The van der Waals surface area contributed by atoms with Crippen LogP contribution in [0, 0.1) is 6.92 Å². The van der Waals surface area contributed by atoms with Crippen LogP contribution in [0.15, 0.2) is 18.5 Å². The van der Waals surface area contributed by atoms with Crippen molar-refractivity contribution in [2.24, 2.45) is 0 Å². The number of rotatable bonds is 5. The zero-order chi connectivity index (χ0) is 22.1. The molecule has 0 unspecified atom stereocenters. The lowest BCUT2D eigenvalue weighted by Gasteiger charge is -2.17. The number of alkyl halides is 3. The number of nitrogens with one attached hydrogen (secondary N) is 3. The first-order chi connectivity index (χ1) is 14.1. The van der Waals surface area contributed by atoms with Crippen LogP contribution in [0.3, 0.4) is 0 Å². The lowest BCUT2D eigenvalue weighted by molar-refractivity contribution is -0.137. The lowest BCUT2D eigenvalue weighted by Crippen LogP contribution is -2.22. The summed E-state index contributed by atoms with van der Waals surface area (Å²) in [7, 11) is 2.85. The van der Waals surface area contributed by atoms with Crippen molar-refractivity contribution in [3.8, 4) is 0 Å². The maximum absolute atomic E-state index is 13.2. The summed E-state index contributed by atoms with van der Waals surface area (Å²) in [4.78, 5) is 25.6. The van der Waals surface area contributed by atoms with Crippen molar-refractivity contribution >= 4 is 44.9 Å². The second-order valence-corrected chi connectivity index (χ2v) is 7.48. The highest BCUT2D eigenvalue weighted by Gasteiger charge is 2.34. The number of aromatic nitrogens is 3. The van der Waals surface area contributed by atoms with Crippen LogP contribution in [-0.4, -0.2) is 35.1 Å². The minimum absolute atomic E-state index is 0.112.